The second kappa shape index (κ2) is 4.38. The van der Waals surface area contributed by atoms with Crippen molar-refractivity contribution in [2.45, 2.75) is 6.92 Å². The van der Waals surface area contributed by atoms with Crippen molar-refractivity contribution >= 4 is 21.5 Å². The van der Waals surface area contributed by atoms with Crippen LogP contribution in [0.1, 0.15) is 6.92 Å². The molecule has 1 heterocycles. The van der Waals surface area contributed by atoms with Gasteiger partial charge in [0.25, 0.3) is 0 Å². The van der Waals surface area contributed by atoms with Crippen molar-refractivity contribution in [1.29, 1.82) is 0 Å². The fourth-order valence-electron chi connectivity index (χ4n) is 2.85. The monoisotopic (exact) mass is 274 g/mol. The Labute approximate surface area is 122 Å². The lowest BCUT2D eigenvalue weighted by Gasteiger charge is -2.23. The lowest BCUT2D eigenvalue weighted by molar-refractivity contribution is 0.312. The van der Waals surface area contributed by atoms with E-state index in [1.807, 2.05) is 31.2 Å². The minimum Gasteiger partial charge on any atom is -0.454 e. The second-order valence-electron chi connectivity index (χ2n) is 5.08. The van der Waals surface area contributed by atoms with Crippen LogP contribution in [0.5, 0.6) is 11.5 Å². The molecule has 3 aromatic carbocycles. The molecule has 0 N–H and O–H groups in total. The maximum atomic E-state index is 6.05. The van der Waals surface area contributed by atoms with Crippen LogP contribution in [0.4, 0.5) is 0 Å². The number of benzene rings is 3. The molecule has 2 heteroatoms. The number of fused-ring (bicyclic) bond motifs is 6. The van der Waals surface area contributed by atoms with Gasteiger partial charge in [0.15, 0.2) is 17.3 Å². The van der Waals surface area contributed by atoms with Crippen molar-refractivity contribution in [2.24, 2.45) is 0 Å². The summed E-state index contributed by atoms with van der Waals surface area (Å²) in [6, 6.07) is 16.5. The van der Waals surface area contributed by atoms with Gasteiger partial charge in [-0.3, -0.25) is 0 Å². The molecule has 2 nitrogen and oxygen atoms in total. The number of rotatable bonds is 1. The van der Waals surface area contributed by atoms with Gasteiger partial charge >= 0.3 is 0 Å². The molecule has 0 spiro atoms. The first kappa shape index (κ1) is 12.0. The molecule has 0 amide bonds. The van der Waals surface area contributed by atoms with Crippen molar-refractivity contribution in [3.05, 3.63) is 72.7 Å². The zero-order valence-corrected chi connectivity index (χ0v) is 11.7. The van der Waals surface area contributed by atoms with Gasteiger partial charge in [-0.25, -0.2) is 0 Å². The molecule has 1 aliphatic rings. The van der Waals surface area contributed by atoms with Crippen LogP contribution >= 0.6 is 0 Å². The summed E-state index contributed by atoms with van der Waals surface area (Å²) < 4.78 is 12.1. The Bertz CT molecular complexity index is 919. The highest BCUT2D eigenvalue weighted by Crippen LogP contribution is 2.47. The van der Waals surface area contributed by atoms with E-state index in [0.29, 0.717) is 5.76 Å². The van der Waals surface area contributed by atoms with Crippen LogP contribution in [0.3, 0.4) is 0 Å². The van der Waals surface area contributed by atoms with Crippen LogP contribution in [0.25, 0.3) is 21.5 Å². The third kappa shape index (κ3) is 1.66. The van der Waals surface area contributed by atoms with Crippen LogP contribution in [-0.4, -0.2) is 0 Å². The summed E-state index contributed by atoms with van der Waals surface area (Å²) in [5, 5.41) is 4.45. The van der Waals surface area contributed by atoms with E-state index in [-0.39, 0.29) is 0 Å². The highest BCUT2D eigenvalue weighted by Gasteiger charge is 2.23. The highest BCUT2D eigenvalue weighted by atomic mass is 16.6. The van der Waals surface area contributed by atoms with Crippen LogP contribution in [0.15, 0.2) is 72.7 Å². The topological polar surface area (TPSA) is 18.5 Å². The molecule has 0 unspecified atom stereocenters. The molecular weight excluding hydrogens is 260 g/mol. The first-order valence-electron chi connectivity index (χ1n) is 6.92. The van der Waals surface area contributed by atoms with Gasteiger partial charge in [-0.1, -0.05) is 55.1 Å². The lowest BCUT2D eigenvalue weighted by Crippen LogP contribution is -2.09. The molecule has 0 atom stereocenters. The zero-order chi connectivity index (χ0) is 14.4. The molecule has 1 aliphatic heterocycles. The Balaban J connectivity index is 2.18. The SMILES string of the molecule is C=CC1=C(C)Oc2c(c3ccccc3c3ccccc23)O1. The van der Waals surface area contributed by atoms with E-state index in [1.165, 1.54) is 10.8 Å². The van der Waals surface area contributed by atoms with Crippen molar-refractivity contribution in [3.63, 3.8) is 0 Å². The summed E-state index contributed by atoms with van der Waals surface area (Å²) in [4.78, 5) is 0. The molecule has 0 fully saturated rings. The van der Waals surface area contributed by atoms with Crippen LogP contribution in [0, 0.1) is 0 Å². The lowest BCUT2D eigenvalue weighted by atomic mass is 9.99. The highest BCUT2D eigenvalue weighted by molar-refractivity contribution is 6.14. The van der Waals surface area contributed by atoms with E-state index >= 15 is 0 Å². The van der Waals surface area contributed by atoms with Crippen LogP contribution in [-0.2, 0) is 0 Å². The van der Waals surface area contributed by atoms with E-state index < -0.39 is 0 Å². The van der Waals surface area contributed by atoms with Gasteiger partial charge < -0.3 is 9.47 Å². The average molecular weight is 274 g/mol. The molecule has 0 aliphatic carbocycles. The number of hydrogen-bond donors (Lipinski definition) is 0. The van der Waals surface area contributed by atoms with Crippen molar-refractivity contribution < 1.29 is 9.47 Å². The van der Waals surface area contributed by atoms with Crippen LogP contribution < -0.4 is 9.47 Å². The second-order valence-corrected chi connectivity index (χ2v) is 5.08. The quantitative estimate of drug-likeness (QED) is 0.569. The van der Waals surface area contributed by atoms with Gasteiger partial charge in [-0.2, -0.15) is 0 Å². The van der Waals surface area contributed by atoms with E-state index in [9.17, 15) is 0 Å². The summed E-state index contributed by atoms with van der Waals surface area (Å²) >= 11 is 0. The van der Waals surface area contributed by atoms with Gasteiger partial charge in [0.2, 0.25) is 0 Å². The predicted octanol–water partition coefficient (Wildman–Crippen LogP) is 5.18. The molecule has 0 bridgehead atoms. The van der Waals surface area contributed by atoms with Gasteiger partial charge in [0, 0.05) is 10.8 Å². The largest absolute Gasteiger partial charge is 0.454 e. The first-order chi connectivity index (χ1) is 10.3. The van der Waals surface area contributed by atoms with Crippen molar-refractivity contribution in [3.8, 4) is 11.5 Å². The Morgan fingerprint density at radius 3 is 1.76 bits per heavy atom. The van der Waals surface area contributed by atoms with Gasteiger partial charge in [0.05, 0.1) is 0 Å². The Kier molecular flexibility index (Phi) is 2.51. The third-order valence-corrected chi connectivity index (χ3v) is 3.84. The van der Waals surface area contributed by atoms with E-state index in [1.54, 1.807) is 6.08 Å². The zero-order valence-electron chi connectivity index (χ0n) is 11.7. The molecule has 102 valence electrons. The molecule has 0 saturated carbocycles. The fourth-order valence-corrected chi connectivity index (χ4v) is 2.85. The molecule has 21 heavy (non-hydrogen) atoms. The Morgan fingerprint density at radius 2 is 1.24 bits per heavy atom. The minimum absolute atomic E-state index is 0.669. The standard InChI is InChI=1S/C19H14O2/c1-3-17-12(2)20-18-15-10-6-4-8-13(15)14-9-5-7-11-16(14)19(18)21-17/h3-11H,1H2,2H3. The normalized spacial score (nSPS) is 13.8. The van der Waals surface area contributed by atoms with E-state index in [2.05, 4.69) is 30.8 Å². The van der Waals surface area contributed by atoms with E-state index in [4.69, 9.17) is 9.47 Å². The third-order valence-electron chi connectivity index (χ3n) is 3.84. The summed E-state index contributed by atoms with van der Waals surface area (Å²) in [5.74, 6) is 2.96. The summed E-state index contributed by atoms with van der Waals surface area (Å²) in [6.45, 7) is 5.68. The molecule has 3 aromatic rings. The molecule has 0 aromatic heterocycles. The maximum Gasteiger partial charge on any atom is 0.178 e. The number of ether oxygens (including phenoxy) is 2. The first-order valence-corrected chi connectivity index (χ1v) is 6.92. The maximum absolute atomic E-state index is 6.05. The average Bonchev–Trinajstić information content (AvgIpc) is 2.54. The van der Waals surface area contributed by atoms with Crippen molar-refractivity contribution in [2.75, 3.05) is 0 Å². The molecular formula is C19H14O2. The van der Waals surface area contributed by atoms with Gasteiger partial charge in [-0.15, -0.1) is 0 Å². The van der Waals surface area contributed by atoms with Crippen LogP contribution in [0.2, 0.25) is 0 Å². The number of hydrogen-bond acceptors (Lipinski definition) is 2. The van der Waals surface area contributed by atoms with Crippen molar-refractivity contribution in [1.82, 2.24) is 0 Å². The Hall–Kier alpha value is -2.74. The number of allylic oxidation sites excluding steroid dienone is 2. The summed E-state index contributed by atoms with van der Waals surface area (Å²) in [5.41, 5.74) is 0. The smallest absolute Gasteiger partial charge is 0.178 e. The fraction of sp³-hybridized carbons (Fsp3) is 0.0526. The molecule has 0 saturated heterocycles. The summed E-state index contributed by atoms with van der Waals surface area (Å²) in [7, 11) is 0. The van der Waals surface area contributed by atoms with Gasteiger partial charge in [0.1, 0.15) is 5.76 Å². The molecule has 4 rings (SSSR count). The predicted molar refractivity (Wildman–Crippen MR) is 85.6 cm³/mol. The minimum atomic E-state index is 0.669. The van der Waals surface area contributed by atoms with E-state index in [0.717, 1.165) is 28.0 Å². The van der Waals surface area contributed by atoms with Gasteiger partial charge in [-0.05, 0) is 23.8 Å². The summed E-state index contributed by atoms with van der Waals surface area (Å²) in [6.07, 6.45) is 1.68. The molecule has 0 radical (unpaired) electrons. The Morgan fingerprint density at radius 1 is 0.762 bits per heavy atom.